The van der Waals surface area contributed by atoms with Crippen molar-refractivity contribution in [2.75, 3.05) is 0 Å². The summed E-state index contributed by atoms with van der Waals surface area (Å²) in [5, 5.41) is 10.5. The highest BCUT2D eigenvalue weighted by molar-refractivity contribution is 7.18. The molecular formula is C17H10Cl2O2S. The Morgan fingerprint density at radius 1 is 0.864 bits per heavy atom. The van der Waals surface area contributed by atoms with Crippen molar-refractivity contribution >= 4 is 40.5 Å². The third kappa shape index (κ3) is 2.75. The van der Waals surface area contributed by atoms with E-state index < -0.39 is 5.97 Å². The minimum Gasteiger partial charge on any atom is -0.477 e. The Morgan fingerprint density at radius 2 is 1.41 bits per heavy atom. The van der Waals surface area contributed by atoms with Crippen molar-refractivity contribution in [2.24, 2.45) is 0 Å². The number of thiophene rings is 1. The van der Waals surface area contributed by atoms with Crippen molar-refractivity contribution in [1.82, 2.24) is 0 Å². The van der Waals surface area contributed by atoms with E-state index in [9.17, 15) is 9.90 Å². The minimum absolute atomic E-state index is 0.254. The molecule has 0 saturated carbocycles. The first-order chi connectivity index (χ1) is 10.6. The van der Waals surface area contributed by atoms with Gasteiger partial charge in [-0.25, -0.2) is 4.79 Å². The maximum Gasteiger partial charge on any atom is 0.345 e. The van der Waals surface area contributed by atoms with Gasteiger partial charge in [-0.3, -0.25) is 0 Å². The van der Waals surface area contributed by atoms with Crippen molar-refractivity contribution in [3.8, 4) is 21.6 Å². The second-order valence-corrected chi connectivity index (χ2v) is 6.48. The van der Waals surface area contributed by atoms with Crippen LogP contribution in [0.15, 0.2) is 54.6 Å². The summed E-state index contributed by atoms with van der Waals surface area (Å²) in [6.45, 7) is 0. The van der Waals surface area contributed by atoms with E-state index in [1.807, 2.05) is 36.4 Å². The van der Waals surface area contributed by atoms with Crippen LogP contribution in [0.2, 0.25) is 10.0 Å². The molecule has 110 valence electrons. The summed E-state index contributed by atoms with van der Waals surface area (Å²) in [6, 6.07) is 16.4. The highest BCUT2D eigenvalue weighted by atomic mass is 35.5. The largest absolute Gasteiger partial charge is 0.477 e. The lowest BCUT2D eigenvalue weighted by atomic mass is 10.0. The molecule has 0 saturated heterocycles. The van der Waals surface area contributed by atoms with E-state index in [-0.39, 0.29) is 4.88 Å². The average Bonchev–Trinajstić information content (AvgIpc) is 2.93. The number of benzene rings is 2. The molecule has 5 heteroatoms. The Balaban J connectivity index is 2.28. The molecule has 0 fully saturated rings. The normalized spacial score (nSPS) is 10.6. The van der Waals surface area contributed by atoms with Crippen LogP contribution >= 0.6 is 34.5 Å². The molecule has 2 aromatic carbocycles. The van der Waals surface area contributed by atoms with Crippen LogP contribution < -0.4 is 0 Å². The first-order valence-corrected chi connectivity index (χ1v) is 8.02. The smallest absolute Gasteiger partial charge is 0.345 e. The van der Waals surface area contributed by atoms with E-state index in [2.05, 4.69) is 0 Å². The summed E-state index contributed by atoms with van der Waals surface area (Å²) in [6.07, 6.45) is 0. The summed E-state index contributed by atoms with van der Waals surface area (Å²) in [5.41, 5.74) is 2.38. The molecule has 0 spiro atoms. The third-order valence-corrected chi connectivity index (χ3v) is 5.04. The summed E-state index contributed by atoms with van der Waals surface area (Å²) in [4.78, 5) is 12.4. The van der Waals surface area contributed by atoms with Crippen molar-refractivity contribution < 1.29 is 9.90 Å². The van der Waals surface area contributed by atoms with Gasteiger partial charge < -0.3 is 5.11 Å². The van der Waals surface area contributed by atoms with Gasteiger partial charge in [-0.1, -0.05) is 59.6 Å². The van der Waals surface area contributed by atoms with Gasteiger partial charge in [-0.15, -0.1) is 11.3 Å². The number of halogens is 2. The molecule has 0 atom stereocenters. The average molecular weight is 349 g/mol. The lowest BCUT2D eigenvalue weighted by Crippen LogP contribution is -1.89. The highest BCUT2D eigenvalue weighted by Crippen LogP contribution is 2.43. The highest BCUT2D eigenvalue weighted by Gasteiger charge is 2.19. The molecule has 1 heterocycles. The van der Waals surface area contributed by atoms with Crippen molar-refractivity contribution in [3.63, 3.8) is 0 Å². The van der Waals surface area contributed by atoms with Crippen LogP contribution in [0.1, 0.15) is 9.67 Å². The number of carboxylic acids is 1. The van der Waals surface area contributed by atoms with Gasteiger partial charge in [0.05, 0.1) is 0 Å². The number of hydrogen-bond donors (Lipinski definition) is 1. The molecule has 1 aromatic heterocycles. The second kappa shape index (κ2) is 6.13. The van der Waals surface area contributed by atoms with Gasteiger partial charge in [0.2, 0.25) is 0 Å². The Kier molecular flexibility index (Phi) is 4.21. The molecule has 0 aliphatic carbocycles. The summed E-state index contributed by atoms with van der Waals surface area (Å²) in [7, 11) is 0. The van der Waals surface area contributed by atoms with Crippen LogP contribution in [0.4, 0.5) is 0 Å². The van der Waals surface area contributed by atoms with Crippen LogP contribution in [-0.4, -0.2) is 11.1 Å². The van der Waals surface area contributed by atoms with Gasteiger partial charge in [-0.05, 0) is 18.2 Å². The number of carbonyl (C=O) groups is 1. The third-order valence-electron chi connectivity index (χ3n) is 3.23. The van der Waals surface area contributed by atoms with E-state index in [1.54, 1.807) is 18.2 Å². The van der Waals surface area contributed by atoms with E-state index in [0.29, 0.717) is 10.0 Å². The lowest BCUT2D eigenvalue weighted by molar-refractivity contribution is 0.0702. The predicted molar refractivity (Wildman–Crippen MR) is 92.2 cm³/mol. The fourth-order valence-corrected chi connectivity index (χ4v) is 3.80. The fraction of sp³-hybridized carbons (Fsp3) is 0. The summed E-state index contributed by atoms with van der Waals surface area (Å²) >= 11 is 13.7. The van der Waals surface area contributed by atoms with Gasteiger partial charge in [0.15, 0.2) is 0 Å². The van der Waals surface area contributed by atoms with E-state index in [1.165, 1.54) is 11.3 Å². The van der Waals surface area contributed by atoms with Crippen molar-refractivity contribution in [3.05, 3.63) is 69.5 Å². The first-order valence-electron chi connectivity index (χ1n) is 6.45. The summed E-state index contributed by atoms with van der Waals surface area (Å²) in [5.74, 6) is -0.961. The zero-order valence-electron chi connectivity index (χ0n) is 11.2. The fourth-order valence-electron chi connectivity index (χ4n) is 2.22. The standard InChI is InChI=1S/C17H10Cl2O2S/c18-13-7-3-1-5-10(13)12-9-15(17(20)21)22-16(12)11-6-2-4-8-14(11)19/h1-9H,(H,20,21). The van der Waals surface area contributed by atoms with Gasteiger partial charge in [-0.2, -0.15) is 0 Å². The van der Waals surface area contributed by atoms with E-state index in [4.69, 9.17) is 23.2 Å². The van der Waals surface area contributed by atoms with Crippen LogP contribution in [-0.2, 0) is 0 Å². The quantitative estimate of drug-likeness (QED) is 0.621. The van der Waals surface area contributed by atoms with Crippen LogP contribution in [0.5, 0.6) is 0 Å². The maximum absolute atomic E-state index is 11.3. The molecular weight excluding hydrogens is 339 g/mol. The lowest BCUT2D eigenvalue weighted by Gasteiger charge is -2.07. The number of aromatic carboxylic acids is 1. The van der Waals surface area contributed by atoms with Gasteiger partial charge in [0.1, 0.15) is 4.88 Å². The maximum atomic E-state index is 11.3. The van der Waals surface area contributed by atoms with Crippen LogP contribution in [0, 0.1) is 0 Å². The molecule has 22 heavy (non-hydrogen) atoms. The molecule has 0 aliphatic heterocycles. The van der Waals surface area contributed by atoms with Gasteiger partial charge in [0.25, 0.3) is 0 Å². The van der Waals surface area contributed by atoms with Crippen LogP contribution in [0.3, 0.4) is 0 Å². The Morgan fingerprint density at radius 3 is 1.95 bits per heavy atom. The van der Waals surface area contributed by atoms with Crippen molar-refractivity contribution in [2.45, 2.75) is 0 Å². The molecule has 0 unspecified atom stereocenters. The molecule has 3 rings (SSSR count). The second-order valence-electron chi connectivity index (χ2n) is 4.62. The Hall–Kier alpha value is -1.81. The predicted octanol–water partition coefficient (Wildman–Crippen LogP) is 6.09. The van der Waals surface area contributed by atoms with Gasteiger partial charge >= 0.3 is 5.97 Å². The molecule has 1 N–H and O–H groups in total. The van der Waals surface area contributed by atoms with E-state index >= 15 is 0 Å². The summed E-state index contributed by atoms with van der Waals surface area (Å²) < 4.78 is 0. The topological polar surface area (TPSA) is 37.3 Å². The van der Waals surface area contributed by atoms with E-state index in [0.717, 1.165) is 21.6 Å². The molecule has 2 nitrogen and oxygen atoms in total. The first kappa shape index (κ1) is 15.1. The molecule has 3 aromatic rings. The zero-order chi connectivity index (χ0) is 15.7. The number of carboxylic acid groups (broad SMARTS) is 1. The molecule has 0 aliphatic rings. The minimum atomic E-state index is -0.961. The van der Waals surface area contributed by atoms with Crippen molar-refractivity contribution in [1.29, 1.82) is 0 Å². The molecule has 0 amide bonds. The SMILES string of the molecule is O=C(O)c1cc(-c2ccccc2Cl)c(-c2ccccc2Cl)s1. The Labute approximate surface area is 141 Å². The number of hydrogen-bond acceptors (Lipinski definition) is 2. The zero-order valence-corrected chi connectivity index (χ0v) is 13.5. The molecule has 0 bridgehead atoms. The Bertz CT molecular complexity index is 792. The van der Waals surface area contributed by atoms with Gasteiger partial charge in [0, 0.05) is 31.6 Å². The monoisotopic (exact) mass is 348 g/mol. The van der Waals surface area contributed by atoms with Crippen LogP contribution in [0.25, 0.3) is 21.6 Å². The molecule has 0 radical (unpaired) electrons. The number of rotatable bonds is 3.